The van der Waals surface area contributed by atoms with E-state index in [9.17, 15) is 0 Å². The molecule has 0 radical (unpaired) electrons. The Kier molecular flexibility index (Phi) is 6.50. The molecule has 2 atom stereocenters. The summed E-state index contributed by atoms with van der Waals surface area (Å²) in [7, 11) is 5.95. The average Bonchev–Trinajstić information content (AvgIpc) is 2.84. The summed E-state index contributed by atoms with van der Waals surface area (Å²) in [5.74, 6) is 0.998. The first-order valence-electron chi connectivity index (χ1n) is 11.2. The zero-order chi connectivity index (χ0) is 22.7. The van der Waals surface area contributed by atoms with E-state index in [0.29, 0.717) is 0 Å². The summed E-state index contributed by atoms with van der Waals surface area (Å²) in [5, 5.41) is 14.1. The third-order valence-electron chi connectivity index (χ3n) is 6.50. The average molecular weight is 435 g/mol. The third kappa shape index (κ3) is 4.36. The van der Waals surface area contributed by atoms with Gasteiger partial charge in [0, 0.05) is 63.9 Å². The maximum atomic E-state index is 7.48. The Morgan fingerprint density at radius 3 is 2.56 bits per heavy atom. The van der Waals surface area contributed by atoms with Gasteiger partial charge < -0.3 is 31.1 Å². The Labute approximate surface area is 190 Å². The summed E-state index contributed by atoms with van der Waals surface area (Å²) in [6, 6.07) is 8.92. The number of benzene rings is 1. The van der Waals surface area contributed by atoms with E-state index in [2.05, 4.69) is 63.9 Å². The second kappa shape index (κ2) is 9.48. The summed E-state index contributed by atoms with van der Waals surface area (Å²) >= 11 is 0. The number of piperidine rings is 1. The Bertz CT molecular complexity index is 937. The lowest BCUT2D eigenvalue weighted by Gasteiger charge is -2.42. The molecule has 2 unspecified atom stereocenters. The van der Waals surface area contributed by atoms with Gasteiger partial charge >= 0.3 is 0 Å². The molecule has 1 saturated heterocycles. The van der Waals surface area contributed by atoms with Crippen molar-refractivity contribution in [2.24, 2.45) is 10.7 Å². The first-order valence-corrected chi connectivity index (χ1v) is 11.2. The molecule has 3 aliphatic heterocycles. The van der Waals surface area contributed by atoms with Crippen LogP contribution in [0.3, 0.4) is 0 Å². The van der Waals surface area contributed by atoms with Crippen LogP contribution in [0.4, 0.5) is 5.69 Å². The molecule has 1 aromatic carbocycles. The lowest BCUT2D eigenvalue weighted by Crippen LogP contribution is -2.50. The Morgan fingerprint density at radius 1 is 1.25 bits per heavy atom. The van der Waals surface area contributed by atoms with E-state index >= 15 is 0 Å². The number of aliphatic imine (C=N–C) groups is 1. The van der Waals surface area contributed by atoms with Gasteiger partial charge in [-0.15, -0.1) is 0 Å². The number of guanidine groups is 1. The van der Waals surface area contributed by atoms with Crippen molar-refractivity contribution < 1.29 is 0 Å². The Hall–Kier alpha value is -3.26. The van der Waals surface area contributed by atoms with Gasteiger partial charge in [-0.05, 0) is 42.2 Å². The molecule has 0 aliphatic carbocycles. The van der Waals surface area contributed by atoms with Crippen LogP contribution in [0.5, 0.6) is 0 Å². The number of hydrogen-bond donors (Lipinski definition) is 4. The summed E-state index contributed by atoms with van der Waals surface area (Å²) in [4.78, 5) is 11.3. The minimum absolute atomic E-state index is 0.0249. The molecular weight excluding hydrogens is 400 g/mol. The molecule has 0 aromatic heterocycles. The molecule has 0 amide bonds. The van der Waals surface area contributed by atoms with E-state index in [1.54, 1.807) is 0 Å². The fourth-order valence-electron chi connectivity index (χ4n) is 4.47. The van der Waals surface area contributed by atoms with Crippen LogP contribution in [0.15, 0.2) is 65.0 Å². The SMILES string of the molecule is CNc1ccc(C2C(C3=CNC(N(C)C=N)C=C3)=CN=C(N3CCC(N)CC3)N2C)cc1. The molecule has 1 fully saturated rings. The quantitative estimate of drug-likeness (QED) is 0.420. The molecule has 0 saturated carbocycles. The summed E-state index contributed by atoms with van der Waals surface area (Å²) in [6.45, 7) is 1.86. The highest BCUT2D eigenvalue weighted by molar-refractivity contribution is 5.83. The maximum Gasteiger partial charge on any atom is 0.201 e. The smallest absolute Gasteiger partial charge is 0.201 e. The van der Waals surface area contributed by atoms with E-state index in [-0.39, 0.29) is 18.2 Å². The van der Waals surface area contributed by atoms with Gasteiger partial charge in [0.2, 0.25) is 5.96 Å². The highest BCUT2D eigenvalue weighted by Crippen LogP contribution is 2.37. The van der Waals surface area contributed by atoms with Crippen LogP contribution in [0.1, 0.15) is 24.4 Å². The van der Waals surface area contributed by atoms with Crippen molar-refractivity contribution in [3.63, 3.8) is 0 Å². The summed E-state index contributed by atoms with van der Waals surface area (Å²) in [6.07, 6.45) is 11.5. The van der Waals surface area contributed by atoms with E-state index in [1.165, 1.54) is 11.9 Å². The summed E-state index contributed by atoms with van der Waals surface area (Å²) < 4.78 is 0. The number of nitrogens with one attached hydrogen (secondary N) is 3. The first kappa shape index (κ1) is 22.0. The number of anilines is 1. The normalized spacial score (nSPS) is 23.7. The minimum atomic E-state index is -0.0249. The second-order valence-electron chi connectivity index (χ2n) is 8.59. The van der Waals surface area contributed by atoms with Crippen LogP contribution in [-0.2, 0) is 0 Å². The Morgan fingerprint density at radius 2 is 1.97 bits per heavy atom. The number of allylic oxidation sites excluding steroid dienone is 1. The highest BCUT2D eigenvalue weighted by atomic mass is 15.4. The number of rotatable bonds is 5. The maximum absolute atomic E-state index is 7.48. The van der Waals surface area contributed by atoms with Crippen molar-refractivity contribution in [2.45, 2.75) is 31.1 Å². The molecule has 8 heteroatoms. The number of likely N-dealkylation sites (N-methyl/N-ethyl adjacent to an activating group) is 2. The van der Waals surface area contributed by atoms with E-state index in [4.69, 9.17) is 16.1 Å². The summed E-state index contributed by atoms with van der Waals surface area (Å²) in [5.41, 5.74) is 10.7. The topological polar surface area (TPSA) is 96.0 Å². The van der Waals surface area contributed by atoms with Gasteiger partial charge in [-0.1, -0.05) is 18.2 Å². The molecule has 3 aliphatic rings. The first-order chi connectivity index (χ1) is 15.5. The van der Waals surface area contributed by atoms with Gasteiger partial charge in [0.15, 0.2) is 0 Å². The Balaban J connectivity index is 1.67. The van der Waals surface area contributed by atoms with Gasteiger partial charge in [-0.2, -0.15) is 0 Å². The van der Waals surface area contributed by atoms with Crippen LogP contribution in [0, 0.1) is 5.41 Å². The van der Waals surface area contributed by atoms with Crippen molar-refractivity contribution in [3.8, 4) is 0 Å². The van der Waals surface area contributed by atoms with Crippen LogP contribution in [0.2, 0.25) is 0 Å². The predicted molar refractivity (Wildman–Crippen MR) is 131 cm³/mol. The zero-order valence-corrected chi connectivity index (χ0v) is 19.1. The molecule has 32 heavy (non-hydrogen) atoms. The number of likely N-dealkylation sites (tertiary alicyclic amines) is 1. The number of dihydropyridines is 1. The van der Waals surface area contributed by atoms with Crippen LogP contribution < -0.4 is 16.4 Å². The van der Waals surface area contributed by atoms with Gasteiger partial charge in [0.25, 0.3) is 0 Å². The van der Waals surface area contributed by atoms with Crippen molar-refractivity contribution >= 4 is 18.0 Å². The molecule has 4 rings (SSSR count). The number of nitrogens with zero attached hydrogens (tertiary/aromatic N) is 4. The molecule has 0 spiro atoms. The standard InChI is InChI=1S/C24H34N8/c1-27-20-7-4-17(5-8-20)23-21(18-6-9-22(28-14-18)30(2)16-25)15-29-24(31(23)3)32-12-10-19(26)11-13-32/h4-9,14-16,19,22-23,25,27-28H,10-13,26H2,1-3H3. The van der Waals surface area contributed by atoms with Gasteiger partial charge in [0.05, 0.1) is 12.4 Å². The predicted octanol–water partition coefficient (Wildman–Crippen LogP) is 2.29. The molecular formula is C24H34N8. The van der Waals surface area contributed by atoms with Crippen LogP contribution in [-0.4, -0.2) is 73.4 Å². The lowest BCUT2D eigenvalue weighted by molar-refractivity contribution is 0.261. The monoisotopic (exact) mass is 434 g/mol. The molecule has 3 heterocycles. The van der Waals surface area contributed by atoms with Crippen molar-refractivity contribution in [3.05, 3.63) is 65.5 Å². The lowest BCUT2D eigenvalue weighted by atomic mass is 9.90. The highest BCUT2D eigenvalue weighted by Gasteiger charge is 2.33. The minimum Gasteiger partial charge on any atom is -0.388 e. The fraction of sp³-hybridized carbons (Fsp3) is 0.417. The third-order valence-corrected chi connectivity index (χ3v) is 6.50. The van der Waals surface area contributed by atoms with Crippen LogP contribution in [0.25, 0.3) is 0 Å². The molecule has 5 N–H and O–H groups in total. The van der Waals surface area contributed by atoms with E-state index in [1.807, 2.05) is 31.4 Å². The van der Waals surface area contributed by atoms with Gasteiger partial charge in [0.1, 0.15) is 6.17 Å². The number of hydrogen-bond acceptors (Lipinski definition) is 7. The molecule has 170 valence electrons. The van der Waals surface area contributed by atoms with Crippen molar-refractivity contribution in [2.75, 3.05) is 39.5 Å². The molecule has 1 aromatic rings. The van der Waals surface area contributed by atoms with Crippen molar-refractivity contribution in [1.29, 1.82) is 5.41 Å². The second-order valence-corrected chi connectivity index (χ2v) is 8.59. The van der Waals surface area contributed by atoms with Crippen molar-refractivity contribution in [1.82, 2.24) is 20.0 Å². The fourth-order valence-corrected chi connectivity index (χ4v) is 4.47. The molecule has 8 nitrogen and oxygen atoms in total. The zero-order valence-electron chi connectivity index (χ0n) is 19.1. The molecule has 0 bridgehead atoms. The largest absolute Gasteiger partial charge is 0.388 e. The van der Waals surface area contributed by atoms with Crippen LogP contribution >= 0.6 is 0 Å². The number of nitrogens with two attached hydrogens (primary N) is 1. The van der Waals surface area contributed by atoms with E-state index in [0.717, 1.165) is 48.7 Å². The van der Waals surface area contributed by atoms with E-state index < -0.39 is 0 Å². The van der Waals surface area contributed by atoms with Gasteiger partial charge in [-0.25, -0.2) is 4.99 Å². The van der Waals surface area contributed by atoms with Gasteiger partial charge in [-0.3, -0.25) is 5.41 Å².